The van der Waals surface area contributed by atoms with Gasteiger partial charge in [-0.15, -0.1) is 0 Å². The van der Waals surface area contributed by atoms with Crippen molar-refractivity contribution in [1.82, 2.24) is 9.88 Å². The molecule has 0 spiro atoms. The fourth-order valence-electron chi connectivity index (χ4n) is 6.09. The summed E-state index contributed by atoms with van der Waals surface area (Å²) in [5.74, 6) is -1.42. The van der Waals surface area contributed by atoms with Crippen LogP contribution in [0, 0.1) is 12.7 Å². The molecule has 4 N–H and O–H groups in total. The summed E-state index contributed by atoms with van der Waals surface area (Å²) in [5, 5.41) is 17.0. The molecule has 3 aliphatic heterocycles. The molecule has 3 aliphatic rings. The summed E-state index contributed by atoms with van der Waals surface area (Å²) >= 11 is 0. The van der Waals surface area contributed by atoms with E-state index in [1.807, 2.05) is 6.07 Å². The number of halogens is 1. The number of ether oxygens (including phenoxy) is 2. The summed E-state index contributed by atoms with van der Waals surface area (Å²) in [6.45, 7) is 4.15. The van der Waals surface area contributed by atoms with Gasteiger partial charge < -0.3 is 30.2 Å². The molecule has 216 valence electrons. The lowest BCUT2D eigenvalue weighted by atomic mass is 9.85. The highest BCUT2D eigenvalue weighted by Crippen LogP contribution is 2.47. The molecular formula is C29H31FN4O7. The minimum atomic E-state index is -1.93. The maximum atomic E-state index is 15.0. The maximum Gasteiger partial charge on any atom is 0.343 e. The van der Waals surface area contributed by atoms with E-state index < -0.39 is 11.6 Å². The summed E-state index contributed by atoms with van der Waals surface area (Å²) in [5.41, 5.74) is 7.78. The van der Waals surface area contributed by atoms with E-state index in [9.17, 15) is 19.5 Å². The first kappa shape index (κ1) is 27.3. The Bertz CT molecular complexity index is 1670. The Hall–Kier alpha value is -3.84. The van der Waals surface area contributed by atoms with E-state index in [4.69, 9.17) is 20.0 Å². The van der Waals surface area contributed by atoms with Crippen LogP contribution in [0.1, 0.15) is 41.2 Å². The monoisotopic (exact) mass is 566 g/mol. The second-order valence-corrected chi connectivity index (χ2v) is 10.5. The number of anilines is 1. The van der Waals surface area contributed by atoms with Crippen molar-refractivity contribution in [2.45, 2.75) is 45.4 Å². The number of esters is 1. The molecule has 0 aliphatic carbocycles. The van der Waals surface area contributed by atoms with Crippen LogP contribution >= 0.6 is 0 Å². The normalized spacial score (nSPS) is 18.7. The van der Waals surface area contributed by atoms with E-state index in [-0.39, 0.29) is 74.5 Å². The molecule has 1 amide bonds. The molecule has 0 bridgehead atoms. The van der Waals surface area contributed by atoms with Gasteiger partial charge in [-0.25, -0.2) is 9.18 Å². The van der Waals surface area contributed by atoms with E-state index in [2.05, 4.69) is 5.32 Å². The van der Waals surface area contributed by atoms with Gasteiger partial charge in [0.2, 0.25) is 5.91 Å². The van der Waals surface area contributed by atoms with Gasteiger partial charge in [0.15, 0.2) is 5.60 Å². The average Bonchev–Trinajstić information content (AvgIpc) is 3.34. The van der Waals surface area contributed by atoms with Gasteiger partial charge in [0.05, 0.1) is 43.2 Å². The van der Waals surface area contributed by atoms with Crippen molar-refractivity contribution < 1.29 is 33.4 Å². The number of pyridine rings is 1. The second-order valence-electron chi connectivity index (χ2n) is 10.5. The van der Waals surface area contributed by atoms with Gasteiger partial charge in [-0.1, -0.05) is 6.92 Å². The van der Waals surface area contributed by atoms with Gasteiger partial charge >= 0.3 is 5.97 Å². The van der Waals surface area contributed by atoms with Crippen LogP contribution in [0.2, 0.25) is 0 Å². The van der Waals surface area contributed by atoms with Crippen molar-refractivity contribution in [2.24, 2.45) is 5.73 Å². The molecule has 1 atom stereocenters. The summed E-state index contributed by atoms with van der Waals surface area (Å²) in [6.07, 6.45) is 0.606. The number of cyclic esters (lactones) is 1. The molecule has 6 rings (SSSR count). The lowest BCUT2D eigenvalue weighted by molar-refractivity contribution is -0.172. The Morgan fingerprint density at radius 2 is 2.02 bits per heavy atom. The first-order valence-electron chi connectivity index (χ1n) is 13.6. The highest BCUT2D eigenvalue weighted by Gasteiger charge is 2.45. The first-order chi connectivity index (χ1) is 19.7. The quantitative estimate of drug-likeness (QED) is 0.164. The number of rotatable bonds is 8. The van der Waals surface area contributed by atoms with Gasteiger partial charge in [0, 0.05) is 28.6 Å². The van der Waals surface area contributed by atoms with Crippen molar-refractivity contribution in [3.63, 3.8) is 0 Å². The van der Waals surface area contributed by atoms with Gasteiger partial charge in [0.25, 0.3) is 5.56 Å². The molecule has 3 aromatic rings. The SMILES string of the molecule is CC[C@@]1(O)C(=O)OCc2c1cc1n(c2=O)Cc2c-1cc1cc(F)c(C)c3c1c2N(OCCOCNC(=O)CN)CC3. The molecule has 4 heterocycles. The van der Waals surface area contributed by atoms with Crippen molar-refractivity contribution in [2.75, 3.05) is 38.1 Å². The second kappa shape index (κ2) is 10.2. The number of nitrogens with one attached hydrogen (secondary N) is 1. The van der Waals surface area contributed by atoms with Crippen molar-refractivity contribution >= 4 is 28.3 Å². The number of hydrogen-bond donors (Lipinski definition) is 3. The zero-order chi connectivity index (χ0) is 29.1. The molecule has 1 aromatic heterocycles. The minimum absolute atomic E-state index is 0.00486. The zero-order valence-electron chi connectivity index (χ0n) is 22.8. The average molecular weight is 567 g/mol. The summed E-state index contributed by atoms with van der Waals surface area (Å²) in [7, 11) is 0. The summed E-state index contributed by atoms with van der Waals surface area (Å²) < 4.78 is 27.3. The molecule has 41 heavy (non-hydrogen) atoms. The number of hydroxylamine groups is 1. The maximum absolute atomic E-state index is 15.0. The number of fused-ring (bicyclic) bond motifs is 5. The number of amides is 1. The molecule has 12 heteroatoms. The highest BCUT2D eigenvalue weighted by atomic mass is 19.1. The van der Waals surface area contributed by atoms with E-state index in [1.54, 1.807) is 29.5 Å². The van der Waals surface area contributed by atoms with Crippen LogP contribution in [-0.4, -0.2) is 54.6 Å². The first-order valence-corrected chi connectivity index (χ1v) is 13.6. The molecule has 0 saturated heterocycles. The van der Waals surface area contributed by atoms with Crippen molar-refractivity contribution in [3.05, 3.63) is 62.2 Å². The van der Waals surface area contributed by atoms with Crippen LogP contribution in [0.3, 0.4) is 0 Å². The molecule has 11 nitrogen and oxygen atoms in total. The fourth-order valence-corrected chi connectivity index (χ4v) is 6.09. The standard InChI is InChI=1S/C29H31FN4O7/c1-3-29(38)21-10-23-18-8-16-9-22(30)15(2)17-4-5-34(41-7-6-39-14-32-24(35)11-31)26(25(16)17)19(18)12-33(23)27(36)20(21)13-40-28(29)37/h8-10,38H,3-7,11-14,31H2,1-2H3,(H,32,35)/t29-/m0/s1. The van der Waals surface area contributed by atoms with Crippen LogP contribution in [0.5, 0.6) is 0 Å². The Labute approximate surface area is 234 Å². The van der Waals surface area contributed by atoms with Gasteiger partial charge in [0.1, 0.15) is 19.2 Å². The third-order valence-corrected chi connectivity index (χ3v) is 8.31. The van der Waals surface area contributed by atoms with Crippen molar-refractivity contribution in [1.29, 1.82) is 0 Å². The van der Waals surface area contributed by atoms with E-state index in [0.717, 1.165) is 22.2 Å². The van der Waals surface area contributed by atoms with Gasteiger partial charge in [-0.3, -0.25) is 19.5 Å². The number of aliphatic hydroxyl groups is 1. The Morgan fingerprint density at radius 1 is 1.22 bits per heavy atom. The van der Waals surface area contributed by atoms with Gasteiger partial charge in [-0.05, 0) is 54.5 Å². The molecule has 2 aromatic carbocycles. The van der Waals surface area contributed by atoms with Crippen molar-refractivity contribution in [3.8, 4) is 11.3 Å². The van der Waals surface area contributed by atoms with E-state index >= 15 is 4.39 Å². The number of nitrogens with zero attached hydrogens (tertiary/aromatic N) is 2. The van der Waals surface area contributed by atoms with Crippen LogP contribution < -0.4 is 21.7 Å². The lowest BCUT2D eigenvalue weighted by Gasteiger charge is -2.33. The predicted molar refractivity (Wildman–Crippen MR) is 146 cm³/mol. The Kier molecular flexibility index (Phi) is 6.81. The summed E-state index contributed by atoms with van der Waals surface area (Å²) in [6, 6.07) is 5.04. The molecule has 0 saturated carbocycles. The third-order valence-electron chi connectivity index (χ3n) is 8.31. The number of nitrogens with two attached hydrogens (primary N) is 1. The van der Waals surface area contributed by atoms with Crippen LogP contribution in [-0.2, 0) is 49.1 Å². The molecule has 0 fully saturated rings. The number of benzene rings is 2. The summed E-state index contributed by atoms with van der Waals surface area (Å²) in [4.78, 5) is 43.7. The molecule has 0 unspecified atom stereocenters. The number of carbonyl (C=O) groups is 2. The fraction of sp³-hybridized carbons (Fsp3) is 0.414. The van der Waals surface area contributed by atoms with E-state index in [1.165, 1.54) is 6.07 Å². The van der Waals surface area contributed by atoms with Crippen LogP contribution in [0.25, 0.3) is 22.0 Å². The van der Waals surface area contributed by atoms with Crippen LogP contribution in [0.15, 0.2) is 23.0 Å². The number of aromatic nitrogens is 1. The highest BCUT2D eigenvalue weighted by molar-refractivity contribution is 6.04. The lowest BCUT2D eigenvalue weighted by Crippen LogP contribution is -2.44. The molecule has 0 radical (unpaired) electrons. The zero-order valence-corrected chi connectivity index (χ0v) is 22.8. The minimum Gasteiger partial charge on any atom is -0.458 e. The van der Waals surface area contributed by atoms with Crippen LogP contribution in [0.4, 0.5) is 10.1 Å². The smallest absolute Gasteiger partial charge is 0.343 e. The number of hydrogen-bond acceptors (Lipinski definition) is 9. The largest absolute Gasteiger partial charge is 0.458 e. The predicted octanol–water partition coefficient (Wildman–Crippen LogP) is 1.48. The Morgan fingerprint density at radius 3 is 2.78 bits per heavy atom. The number of carbonyl (C=O) groups excluding carboxylic acids is 2. The topological polar surface area (TPSA) is 145 Å². The third kappa shape index (κ3) is 4.21. The molecular weight excluding hydrogens is 535 g/mol. The Balaban J connectivity index is 1.43. The van der Waals surface area contributed by atoms with E-state index in [0.29, 0.717) is 35.2 Å². The van der Waals surface area contributed by atoms with Gasteiger partial charge in [-0.2, -0.15) is 0 Å².